The summed E-state index contributed by atoms with van der Waals surface area (Å²) in [6.45, 7) is 0. The van der Waals surface area contributed by atoms with Crippen molar-refractivity contribution in [2.75, 3.05) is 0 Å². The Balaban J connectivity index is 0.000000333. The number of benzene rings is 2. The fourth-order valence-corrected chi connectivity index (χ4v) is 4.37. The molecule has 4 nitrogen and oxygen atoms in total. The first-order valence-electron chi connectivity index (χ1n) is 10.8. The van der Waals surface area contributed by atoms with E-state index in [-0.39, 0.29) is 40.8 Å². The van der Waals surface area contributed by atoms with Crippen LogP contribution in [0.25, 0.3) is 43.4 Å². The zero-order valence-corrected chi connectivity index (χ0v) is 21.9. The maximum absolute atomic E-state index is 2.21. The smallest absolute Gasteiger partial charge is 0.358 e. The predicted octanol–water partition coefficient (Wildman–Crippen LogP) is 4.96. The van der Waals surface area contributed by atoms with Crippen LogP contribution in [0.5, 0.6) is 0 Å². The van der Waals surface area contributed by atoms with Crippen LogP contribution in [0.3, 0.4) is 0 Å². The van der Waals surface area contributed by atoms with E-state index in [9.17, 15) is 0 Å². The molecule has 0 saturated carbocycles. The predicted molar refractivity (Wildman–Crippen MR) is 147 cm³/mol. The van der Waals surface area contributed by atoms with Gasteiger partial charge in [0.15, 0.2) is 49.6 Å². The van der Waals surface area contributed by atoms with Crippen molar-refractivity contribution in [1.82, 2.24) is 0 Å². The number of nitrogens with zero attached hydrogens (tertiary/aromatic N) is 4. The quantitative estimate of drug-likeness (QED) is 0.166. The number of hydrogen-bond acceptors (Lipinski definition) is 0. The summed E-state index contributed by atoms with van der Waals surface area (Å²) in [5.74, 6) is 0. The minimum atomic E-state index is 0. The van der Waals surface area contributed by atoms with Crippen molar-refractivity contribution in [3.05, 3.63) is 106 Å². The third-order valence-corrected chi connectivity index (χ3v) is 5.95. The molecule has 4 heterocycles. The van der Waals surface area contributed by atoms with Gasteiger partial charge in [0.2, 0.25) is 0 Å². The summed E-state index contributed by atoms with van der Waals surface area (Å²) in [7, 11) is 8.20. The molecule has 1 radical (unpaired) electrons. The first kappa shape index (κ1) is 30.7. The third kappa shape index (κ3) is 6.07. The van der Waals surface area contributed by atoms with E-state index in [2.05, 4.69) is 121 Å². The van der Waals surface area contributed by atoms with Crippen LogP contribution in [0.4, 0.5) is 0 Å². The van der Waals surface area contributed by atoms with E-state index in [1.807, 2.05) is 23.2 Å². The fourth-order valence-electron chi connectivity index (χ4n) is 4.37. The van der Waals surface area contributed by atoms with Gasteiger partial charge in [-0.05, 0) is 35.4 Å². The van der Waals surface area contributed by atoms with Gasteiger partial charge < -0.3 is 7.43 Å². The van der Waals surface area contributed by atoms with Gasteiger partial charge in [-0.1, -0.05) is 14.9 Å². The van der Waals surface area contributed by atoms with E-state index in [0.29, 0.717) is 0 Å². The van der Waals surface area contributed by atoms with Crippen molar-refractivity contribution >= 4 is 32.3 Å². The van der Waals surface area contributed by atoms with Crippen LogP contribution in [0, 0.1) is 7.43 Å². The van der Waals surface area contributed by atoms with Crippen LogP contribution in [0.15, 0.2) is 98.1 Å². The van der Waals surface area contributed by atoms with Gasteiger partial charge in [0, 0.05) is 56.6 Å². The van der Waals surface area contributed by atoms with E-state index in [4.69, 9.17) is 0 Å². The Morgan fingerprint density at radius 2 is 0.667 bits per heavy atom. The molecular weight excluding hydrogens is 479 g/mol. The van der Waals surface area contributed by atoms with Crippen LogP contribution in [-0.2, 0) is 46.7 Å². The Morgan fingerprint density at radius 3 is 0.917 bits per heavy atom. The van der Waals surface area contributed by atoms with Gasteiger partial charge in [-0.3, -0.25) is 0 Å². The maximum Gasteiger partial charge on any atom is 2.00 e. The zero-order valence-electron chi connectivity index (χ0n) is 20.5. The van der Waals surface area contributed by atoms with Crippen molar-refractivity contribution in [3.63, 3.8) is 0 Å². The molecule has 4 aromatic heterocycles. The molecule has 0 aliphatic carbocycles. The molecule has 2 aromatic carbocycles. The van der Waals surface area contributed by atoms with E-state index in [0.717, 1.165) is 0 Å². The molecular formula is C31H39N4V+5. The minimum absolute atomic E-state index is 0. The van der Waals surface area contributed by atoms with E-state index in [1.54, 1.807) is 0 Å². The maximum atomic E-state index is 2.21. The first-order chi connectivity index (χ1) is 15.5. The summed E-state index contributed by atoms with van der Waals surface area (Å²) >= 11 is 0. The van der Waals surface area contributed by atoms with Gasteiger partial charge in [-0.2, -0.15) is 0 Å². The molecule has 0 bridgehead atoms. The second kappa shape index (κ2) is 12.6. The Bertz CT molecular complexity index is 1360. The average Bonchev–Trinajstić information content (AvgIpc) is 2.78. The Labute approximate surface area is 228 Å². The summed E-state index contributed by atoms with van der Waals surface area (Å²) < 4.78 is 8.32. The SMILES string of the molecule is C.C.C[n+]1cc2ccc3c[n+](C)cc4ccc(c1)c2c34.C[n+]1ccc(-c2cc[n+](C)cc2)cc1.[CH3-].[V+2]. The van der Waals surface area contributed by atoms with Crippen molar-refractivity contribution in [2.24, 2.45) is 28.2 Å². The molecule has 0 amide bonds. The molecule has 5 heteroatoms. The first-order valence-corrected chi connectivity index (χ1v) is 10.8. The van der Waals surface area contributed by atoms with Gasteiger partial charge in [0.25, 0.3) is 0 Å². The summed E-state index contributed by atoms with van der Waals surface area (Å²) in [5.41, 5.74) is 2.51. The minimum Gasteiger partial charge on any atom is -0.358 e. The molecule has 36 heavy (non-hydrogen) atoms. The molecule has 0 N–H and O–H groups in total. The molecule has 0 aliphatic heterocycles. The van der Waals surface area contributed by atoms with Crippen molar-refractivity contribution < 1.29 is 36.8 Å². The average molecular weight is 519 g/mol. The molecule has 0 unspecified atom stereocenters. The second-order valence-electron chi connectivity index (χ2n) is 8.59. The molecule has 6 aromatic rings. The normalized spacial score (nSPS) is 9.89. The Hall–Kier alpha value is -3.34. The summed E-state index contributed by atoms with van der Waals surface area (Å²) in [4.78, 5) is 0. The fraction of sp³-hybridized carbons (Fsp3) is 0.194. The monoisotopic (exact) mass is 518 g/mol. The van der Waals surface area contributed by atoms with E-state index < -0.39 is 0 Å². The standard InChI is InChI=1S/C16H14N2.C12H14N2.2CH4.CH3.V/c1-17-7-11-3-5-13-9-18(2)10-14-6-4-12(8-17)15(11)16(13)14;1-13-7-3-11(4-8-13)12-5-9-14(2)10-6-12;;;;/h3-10H,1-2H3;3-10H,1-2H3;2*1H4;1H3;/q2*+2;;;-1;+2. The number of aromatic nitrogens is 4. The Kier molecular flexibility index (Phi) is 10.7. The number of hydrogen-bond donors (Lipinski definition) is 0. The molecule has 0 spiro atoms. The molecule has 0 saturated heterocycles. The summed E-state index contributed by atoms with van der Waals surface area (Å²) in [6, 6.07) is 17.3. The third-order valence-electron chi connectivity index (χ3n) is 5.95. The Morgan fingerprint density at radius 1 is 0.417 bits per heavy atom. The second-order valence-corrected chi connectivity index (χ2v) is 8.59. The molecule has 0 atom stereocenters. The molecule has 0 fully saturated rings. The molecule has 183 valence electrons. The van der Waals surface area contributed by atoms with E-state index in [1.165, 1.54) is 43.4 Å². The van der Waals surface area contributed by atoms with Crippen LogP contribution < -0.4 is 18.3 Å². The van der Waals surface area contributed by atoms with Gasteiger partial charge in [-0.15, -0.1) is 0 Å². The summed E-state index contributed by atoms with van der Waals surface area (Å²) in [5, 5.41) is 7.99. The molecule has 0 aliphatic rings. The number of rotatable bonds is 1. The van der Waals surface area contributed by atoms with Gasteiger partial charge in [-0.25, -0.2) is 18.3 Å². The number of aryl methyl sites for hydroxylation is 4. The topological polar surface area (TPSA) is 15.5 Å². The van der Waals surface area contributed by atoms with Gasteiger partial charge >= 0.3 is 18.6 Å². The van der Waals surface area contributed by atoms with Crippen LogP contribution in [0.1, 0.15) is 14.9 Å². The van der Waals surface area contributed by atoms with Crippen LogP contribution in [-0.4, -0.2) is 0 Å². The van der Waals surface area contributed by atoms with Gasteiger partial charge in [0.05, 0.1) is 0 Å². The number of pyridine rings is 4. The van der Waals surface area contributed by atoms with Crippen molar-refractivity contribution in [1.29, 1.82) is 0 Å². The van der Waals surface area contributed by atoms with Crippen LogP contribution >= 0.6 is 0 Å². The van der Waals surface area contributed by atoms with E-state index >= 15 is 0 Å². The molecule has 6 rings (SSSR count). The van der Waals surface area contributed by atoms with Crippen molar-refractivity contribution in [2.45, 2.75) is 14.9 Å². The van der Waals surface area contributed by atoms with Crippen LogP contribution in [0.2, 0.25) is 0 Å². The van der Waals surface area contributed by atoms with Gasteiger partial charge in [0.1, 0.15) is 28.2 Å². The zero-order chi connectivity index (χ0) is 22.2. The largest absolute Gasteiger partial charge is 2.00 e. The van der Waals surface area contributed by atoms with Crippen molar-refractivity contribution in [3.8, 4) is 11.1 Å². The summed E-state index contributed by atoms with van der Waals surface area (Å²) in [6.07, 6.45) is 17.0.